The lowest BCUT2D eigenvalue weighted by atomic mass is 9.92. The third-order valence-corrected chi connectivity index (χ3v) is 3.76. The number of carboxylic acid groups (broad SMARTS) is 1. The van der Waals surface area contributed by atoms with E-state index in [1.54, 1.807) is 11.9 Å². The number of hydrogen-bond donors (Lipinski definition) is 1. The molecule has 0 radical (unpaired) electrons. The molecule has 19 heavy (non-hydrogen) atoms. The molecule has 5 nitrogen and oxygen atoms in total. The van der Waals surface area contributed by atoms with Crippen LogP contribution in [0, 0.1) is 11.8 Å². The Morgan fingerprint density at radius 3 is 2.58 bits per heavy atom. The number of carbonyl (C=O) groups excluding carboxylic acids is 1. The number of piperidine rings is 1. The summed E-state index contributed by atoms with van der Waals surface area (Å²) in [5.41, 5.74) is 0. The molecule has 5 heteroatoms. The Hall–Kier alpha value is -1.26. The summed E-state index contributed by atoms with van der Waals surface area (Å²) in [6.45, 7) is 7.49. The molecule has 1 rings (SSSR count). The Labute approximate surface area is 115 Å². The fraction of sp³-hybridized carbons (Fsp3) is 0.857. The van der Waals surface area contributed by atoms with E-state index in [-0.39, 0.29) is 6.03 Å². The van der Waals surface area contributed by atoms with Gasteiger partial charge in [-0.05, 0) is 31.1 Å². The number of carbonyl (C=O) groups is 2. The zero-order chi connectivity index (χ0) is 14.6. The van der Waals surface area contributed by atoms with Crippen LogP contribution in [0.4, 0.5) is 4.79 Å². The smallest absolute Gasteiger partial charge is 0.326 e. The van der Waals surface area contributed by atoms with E-state index in [2.05, 4.69) is 13.8 Å². The molecule has 1 heterocycles. The van der Waals surface area contributed by atoms with Crippen molar-refractivity contribution in [3.63, 3.8) is 0 Å². The first-order valence-corrected chi connectivity index (χ1v) is 7.07. The van der Waals surface area contributed by atoms with Crippen molar-refractivity contribution in [2.24, 2.45) is 11.8 Å². The number of likely N-dealkylation sites (tertiary alicyclic amines) is 1. The molecule has 1 N–H and O–H groups in total. The maximum Gasteiger partial charge on any atom is 0.326 e. The van der Waals surface area contributed by atoms with E-state index in [9.17, 15) is 14.7 Å². The van der Waals surface area contributed by atoms with Crippen molar-refractivity contribution in [2.75, 3.05) is 20.1 Å². The minimum atomic E-state index is -0.892. The maximum atomic E-state index is 12.3. The molecule has 1 fully saturated rings. The van der Waals surface area contributed by atoms with Crippen LogP contribution in [0.15, 0.2) is 0 Å². The zero-order valence-electron chi connectivity index (χ0n) is 12.4. The predicted molar refractivity (Wildman–Crippen MR) is 74.0 cm³/mol. The van der Waals surface area contributed by atoms with Crippen LogP contribution in [-0.2, 0) is 4.79 Å². The van der Waals surface area contributed by atoms with Gasteiger partial charge in [0.05, 0.1) is 0 Å². The van der Waals surface area contributed by atoms with E-state index in [0.29, 0.717) is 31.3 Å². The van der Waals surface area contributed by atoms with Gasteiger partial charge in [-0.3, -0.25) is 0 Å². The van der Waals surface area contributed by atoms with Gasteiger partial charge in [0.1, 0.15) is 6.04 Å². The van der Waals surface area contributed by atoms with Crippen LogP contribution >= 0.6 is 0 Å². The highest BCUT2D eigenvalue weighted by Crippen LogP contribution is 2.23. The van der Waals surface area contributed by atoms with Crippen LogP contribution in [0.25, 0.3) is 0 Å². The van der Waals surface area contributed by atoms with Crippen molar-refractivity contribution >= 4 is 12.0 Å². The number of urea groups is 1. The molecule has 2 atom stereocenters. The van der Waals surface area contributed by atoms with E-state index < -0.39 is 12.0 Å². The van der Waals surface area contributed by atoms with Gasteiger partial charge in [0.15, 0.2) is 0 Å². The molecule has 1 aliphatic heterocycles. The fourth-order valence-corrected chi connectivity index (χ4v) is 2.37. The number of nitrogens with zero attached hydrogens (tertiary/aromatic N) is 2. The van der Waals surface area contributed by atoms with Gasteiger partial charge < -0.3 is 14.9 Å². The van der Waals surface area contributed by atoms with Gasteiger partial charge in [-0.25, -0.2) is 9.59 Å². The largest absolute Gasteiger partial charge is 0.480 e. The lowest BCUT2D eigenvalue weighted by Crippen LogP contribution is -2.53. The van der Waals surface area contributed by atoms with Crippen LogP contribution in [0.1, 0.15) is 40.0 Å². The van der Waals surface area contributed by atoms with E-state index in [1.807, 2.05) is 6.92 Å². The molecule has 2 amide bonds. The lowest BCUT2D eigenvalue weighted by molar-refractivity contribution is -0.144. The van der Waals surface area contributed by atoms with Crippen molar-refractivity contribution in [1.82, 2.24) is 9.80 Å². The number of rotatable bonds is 4. The molecule has 1 aliphatic rings. The monoisotopic (exact) mass is 270 g/mol. The van der Waals surface area contributed by atoms with Gasteiger partial charge in [0.25, 0.3) is 0 Å². The first-order chi connectivity index (χ1) is 8.82. The third kappa shape index (κ3) is 4.40. The normalized spacial score (nSPS) is 23.5. The SMILES string of the molecule is CC(C)CCN(C)C(=O)N1CCC(C)CC1C(=O)O. The van der Waals surface area contributed by atoms with E-state index >= 15 is 0 Å². The summed E-state index contributed by atoms with van der Waals surface area (Å²) >= 11 is 0. The number of hydrogen-bond acceptors (Lipinski definition) is 2. The van der Waals surface area contributed by atoms with Crippen molar-refractivity contribution in [2.45, 2.75) is 46.1 Å². The molecule has 0 aromatic carbocycles. The topological polar surface area (TPSA) is 60.9 Å². The van der Waals surface area contributed by atoms with Crippen molar-refractivity contribution < 1.29 is 14.7 Å². The predicted octanol–water partition coefficient (Wildman–Crippen LogP) is 2.27. The molecule has 0 spiro atoms. The van der Waals surface area contributed by atoms with E-state index in [0.717, 1.165) is 12.8 Å². The summed E-state index contributed by atoms with van der Waals surface area (Å²) in [4.78, 5) is 26.8. The van der Waals surface area contributed by atoms with Gasteiger partial charge >= 0.3 is 12.0 Å². The minimum absolute atomic E-state index is 0.153. The first kappa shape index (κ1) is 15.8. The molecule has 0 saturated carbocycles. The molecule has 0 aromatic rings. The van der Waals surface area contributed by atoms with Crippen molar-refractivity contribution in [3.8, 4) is 0 Å². The highest BCUT2D eigenvalue weighted by atomic mass is 16.4. The standard InChI is InChI=1S/C14H26N2O3/c1-10(2)5-7-15(4)14(19)16-8-6-11(3)9-12(16)13(17)18/h10-12H,5-9H2,1-4H3,(H,17,18). The molecule has 0 bridgehead atoms. The lowest BCUT2D eigenvalue weighted by Gasteiger charge is -2.38. The second-order valence-electron chi connectivity index (χ2n) is 6.06. The summed E-state index contributed by atoms with van der Waals surface area (Å²) in [6.07, 6.45) is 2.37. The molecular weight excluding hydrogens is 244 g/mol. The highest BCUT2D eigenvalue weighted by Gasteiger charge is 2.35. The summed E-state index contributed by atoms with van der Waals surface area (Å²) in [6, 6.07) is -0.822. The number of aliphatic carboxylic acids is 1. The van der Waals surface area contributed by atoms with Crippen LogP contribution in [0.2, 0.25) is 0 Å². The summed E-state index contributed by atoms with van der Waals surface area (Å²) in [5.74, 6) is 0.00942. The van der Waals surface area contributed by atoms with Crippen LogP contribution in [0.5, 0.6) is 0 Å². The number of amides is 2. The molecule has 1 saturated heterocycles. The Morgan fingerprint density at radius 2 is 2.05 bits per heavy atom. The quantitative estimate of drug-likeness (QED) is 0.852. The summed E-state index contributed by atoms with van der Waals surface area (Å²) in [7, 11) is 1.75. The van der Waals surface area contributed by atoms with Crippen LogP contribution in [-0.4, -0.2) is 53.1 Å². The average Bonchev–Trinajstić information content (AvgIpc) is 2.34. The van der Waals surface area contributed by atoms with Gasteiger partial charge in [-0.2, -0.15) is 0 Å². The number of carboxylic acids is 1. The minimum Gasteiger partial charge on any atom is -0.480 e. The van der Waals surface area contributed by atoms with Crippen LogP contribution in [0.3, 0.4) is 0 Å². The fourth-order valence-electron chi connectivity index (χ4n) is 2.37. The molecule has 2 unspecified atom stereocenters. The Morgan fingerprint density at radius 1 is 1.42 bits per heavy atom. The van der Waals surface area contributed by atoms with Gasteiger partial charge in [-0.1, -0.05) is 20.8 Å². The maximum absolute atomic E-state index is 12.3. The van der Waals surface area contributed by atoms with E-state index in [1.165, 1.54) is 4.90 Å². The van der Waals surface area contributed by atoms with Crippen LogP contribution < -0.4 is 0 Å². The summed E-state index contributed by atoms with van der Waals surface area (Å²) < 4.78 is 0. The second kappa shape index (κ2) is 6.78. The molecular formula is C14H26N2O3. The van der Waals surface area contributed by atoms with Crippen molar-refractivity contribution in [1.29, 1.82) is 0 Å². The Bertz CT molecular complexity index is 331. The first-order valence-electron chi connectivity index (χ1n) is 7.07. The third-order valence-electron chi connectivity index (χ3n) is 3.76. The highest BCUT2D eigenvalue weighted by molar-refractivity contribution is 5.82. The van der Waals surface area contributed by atoms with Gasteiger partial charge in [0.2, 0.25) is 0 Å². The average molecular weight is 270 g/mol. The molecule has 0 aliphatic carbocycles. The van der Waals surface area contributed by atoms with Gasteiger partial charge in [-0.15, -0.1) is 0 Å². The molecule has 0 aromatic heterocycles. The van der Waals surface area contributed by atoms with Gasteiger partial charge in [0, 0.05) is 20.1 Å². The van der Waals surface area contributed by atoms with E-state index in [4.69, 9.17) is 0 Å². The second-order valence-corrected chi connectivity index (χ2v) is 6.06. The Balaban J connectivity index is 2.65. The van der Waals surface area contributed by atoms with Crippen molar-refractivity contribution in [3.05, 3.63) is 0 Å². The zero-order valence-corrected chi connectivity index (χ0v) is 12.4. The molecule has 110 valence electrons. The summed E-state index contributed by atoms with van der Waals surface area (Å²) in [5, 5.41) is 9.26. The Kier molecular flexibility index (Phi) is 5.63.